The van der Waals surface area contributed by atoms with Crippen molar-refractivity contribution in [3.05, 3.63) is 35.9 Å². The number of carbonyl (C=O) groups is 1. The Morgan fingerprint density at radius 3 is 2.75 bits per heavy atom. The molecule has 1 aromatic carbocycles. The Balaban J connectivity index is 1.87. The second kappa shape index (κ2) is 7.44. The lowest BCUT2D eigenvalue weighted by Crippen LogP contribution is -2.43. The van der Waals surface area contributed by atoms with Gasteiger partial charge in [-0.3, -0.25) is 4.79 Å². The van der Waals surface area contributed by atoms with Crippen molar-refractivity contribution in [1.29, 1.82) is 0 Å². The van der Waals surface area contributed by atoms with Gasteiger partial charge in [0.2, 0.25) is 5.91 Å². The van der Waals surface area contributed by atoms with E-state index >= 15 is 0 Å². The van der Waals surface area contributed by atoms with Crippen LogP contribution in [0, 0.1) is 11.8 Å². The first-order valence-corrected chi connectivity index (χ1v) is 7.64. The number of aliphatic hydroxyl groups is 1. The Labute approximate surface area is 121 Å². The number of hydrogen-bond acceptors (Lipinski definition) is 2. The molecule has 1 fully saturated rings. The van der Waals surface area contributed by atoms with E-state index in [9.17, 15) is 9.90 Å². The third-order valence-corrected chi connectivity index (χ3v) is 4.20. The summed E-state index contributed by atoms with van der Waals surface area (Å²) in [6, 6.07) is 9.80. The molecular weight excluding hydrogens is 250 g/mol. The Morgan fingerprint density at radius 2 is 2.10 bits per heavy atom. The molecule has 110 valence electrons. The maximum absolute atomic E-state index is 12.3. The molecule has 3 atom stereocenters. The standard InChI is InChI=1S/C17H25NO2/c1-13-6-5-9-15(10-13)17(20)18-16(12-19)11-14-7-3-2-4-8-14/h2-4,7-8,13,15-16,19H,5-6,9-12H2,1H3,(H,18,20)/t13?,15?,16-/m0/s1. The normalized spacial score (nSPS) is 24.1. The molecule has 2 rings (SSSR count). The molecule has 0 bridgehead atoms. The largest absolute Gasteiger partial charge is 0.394 e. The molecule has 1 aliphatic carbocycles. The first kappa shape index (κ1) is 15.0. The fourth-order valence-corrected chi connectivity index (χ4v) is 3.05. The quantitative estimate of drug-likeness (QED) is 0.867. The molecule has 0 aliphatic heterocycles. The Bertz CT molecular complexity index is 418. The second-order valence-electron chi connectivity index (χ2n) is 6.05. The van der Waals surface area contributed by atoms with Gasteiger partial charge in [-0.05, 0) is 30.7 Å². The lowest BCUT2D eigenvalue weighted by molar-refractivity contribution is -0.127. The van der Waals surface area contributed by atoms with Crippen LogP contribution in [0.2, 0.25) is 0 Å². The third kappa shape index (κ3) is 4.34. The number of aliphatic hydroxyl groups excluding tert-OH is 1. The highest BCUT2D eigenvalue weighted by Gasteiger charge is 2.26. The highest BCUT2D eigenvalue weighted by molar-refractivity contribution is 5.79. The van der Waals surface area contributed by atoms with E-state index in [1.54, 1.807) is 0 Å². The zero-order valence-corrected chi connectivity index (χ0v) is 12.2. The van der Waals surface area contributed by atoms with Crippen LogP contribution in [0.4, 0.5) is 0 Å². The summed E-state index contributed by atoms with van der Waals surface area (Å²) in [6.45, 7) is 2.20. The minimum atomic E-state index is -0.179. The summed E-state index contributed by atoms with van der Waals surface area (Å²) in [4.78, 5) is 12.3. The topological polar surface area (TPSA) is 49.3 Å². The van der Waals surface area contributed by atoms with Gasteiger partial charge in [0.05, 0.1) is 12.6 Å². The van der Waals surface area contributed by atoms with Crippen molar-refractivity contribution in [2.24, 2.45) is 11.8 Å². The Kier molecular flexibility index (Phi) is 5.60. The molecule has 0 saturated heterocycles. The molecule has 1 aliphatic rings. The molecule has 1 aromatic rings. The molecule has 0 aromatic heterocycles. The summed E-state index contributed by atoms with van der Waals surface area (Å²) < 4.78 is 0. The number of nitrogens with one attached hydrogen (secondary N) is 1. The van der Waals surface area contributed by atoms with Crippen LogP contribution in [0.15, 0.2) is 30.3 Å². The summed E-state index contributed by atoms with van der Waals surface area (Å²) in [5, 5.41) is 12.5. The molecule has 3 heteroatoms. The van der Waals surface area contributed by atoms with Gasteiger partial charge >= 0.3 is 0 Å². The molecule has 1 saturated carbocycles. The van der Waals surface area contributed by atoms with E-state index in [1.165, 1.54) is 6.42 Å². The van der Waals surface area contributed by atoms with E-state index < -0.39 is 0 Å². The maximum Gasteiger partial charge on any atom is 0.223 e. The number of benzene rings is 1. The van der Waals surface area contributed by atoms with Gasteiger partial charge in [-0.2, -0.15) is 0 Å². The number of amides is 1. The van der Waals surface area contributed by atoms with Gasteiger partial charge in [-0.15, -0.1) is 0 Å². The minimum Gasteiger partial charge on any atom is -0.394 e. The zero-order chi connectivity index (χ0) is 14.4. The van der Waals surface area contributed by atoms with Crippen LogP contribution in [0.1, 0.15) is 38.2 Å². The first-order valence-electron chi connectivity index (χ1n) is 7.64. The lowest BCUT2D eigenvalue weighted by atomic mass is 9.82. The van der Waals surface area contributed by atoms with Crippen molar-refractivity contribution in [1.82, 2.24) is 5.32 Å². The average Bonchev–Trinajstić information content (AvgIpc) is 2.47. The van der Waals surface area contributed by atoms with E-state index in [-0.39, 0.29) is 24.5 Å². The number of hydrogen-bond donors (Lipinski definition) is 2. The van der Waals surface area contributed by atoms with E-state index in [1.807, 2.05) is 30.3 Å². The van der Waals surface area contributed by atoms with Crippen LogP contribution in [0.25, 0.3) is 0 Å². The average molecular weight is 275 g/mol. The SMILES string of the molecule is CC1CCCC(C(=O)N[C@H](CO)Cc2ccccc2)C1. The summed E-state index contributed by atoms with van der Waals surface area (Å²) in [5.74, 6) is 0.885. The van der Waals surface area contributed by atoms with Crippen molar-refractivity contribution < 1.29 is 9.90 Å². The molecule has 0 heterocycles. The molecule has 2 N–H and O–H groups in total. The number of rotatable bonds is 5. The van der Waals surface area contributed by atoms with Gasteiger partial charge in [0.1, 0.15) is 0 Å². The molecule has 2 unspecified atom stereocenters. The third-order valence-electron chi connectivity index (χ3n) is 4.20. The maximum atomic E-state index is 12.3. The van der Waals surface area contributed by atoms with Crippen LogP contribution in [0.3, 0.4) is 0 Å². The van der Waals surface area contributed by atoms with Gasteiger partial charge in [-0.25, -0.2) is 0 Å². The predicted octanol–water partition coefficient (Wildman–Crippen LogP) is 2.53. The lowest BCUT2D eigenvalue weighted by Gasteiger charge is -2.27. The first-order chi connectivity index (χ1) is 9.69. The predicted molar refractivity (Wildman–Crippen MR) is 80.3 cm³/mol. The van der Waals surface area contributed by atoms with Crippen molar-refractivity contribution in [2.75, 3.05) is 6.61 Å². The van der Waals surface area contributed by atoms with Crippen molar-refractivity contribution in [3.63, 3.8) is 0 Å². The van der Waals surface area contributed by atoms with E-state index in [0.29, 0.717) is 12.3 Å². The van der Waals surface area contributed by atoms with E-state index in [0.717, 1.165) is 24.8 Å². The fourth-order valence-electron chi connectivity index (χ4n) is 3.05. The van der Waals surface area contributed by atoms with Crippen LogP contribution in [-0.4, -0.2) is 23.7 Å². The van der Waals surface area contributed by atoms with Crippen LogP contribution >= 0.6 is 0 Å². The smallest absolute Gasteiger partial charge is 0.223 e. The Morgan fingerprint density at radius 1 is 1.35 bits per heavy atom. The number of carbonyl (C=O) groups excluding carboxylic acids is 1. The van der Waals surface area contributed by atoms with Gasteiger partial charge in [-0.1, -0.05) is 50.1 Å². The minimum absolute atomic E-state index is 0.0110. The second-order valence-corrected chi connectivity index (χ2v) is 6.05. The summed E-state index contributed by atoms with van der Waals surface area (Å²) in [7, 11) is 0. The summed E-state index contributed by atoms with van der Waals surface area (Å²) >= 11 is 0. The van der Waals surface area contributed by atoms with Crippen LogP contribution < -0.4 is 5.32 Å². The summed E-state index contributed by atoms with van der Waals surface area (Å²) in [6.07, 6.45) is 5.03. The van der Waals surface area contributed by atoms with Crippen molar-refractivity contribution in [2.45, 2.75) is 45.1 Å². The molecular formula is C17H25NO2. The highest BCUT2D eigenvalue weighted by Crippen LogP contribution is 2.28. The van der Waals surface area contributed by atoms with Gasteiger partial charge in [0.25, 0.3) is 0 Å². The van der Waals surface area contributed by atoms with Crippen LogP contribution in [-0.2, 0) is 11.2 Å². The molecule has 20 heavy (non-hydrogen) atoms. The van der Waals surface area contributed by atoms with E-state index in [2.05, 4.69) is 12.2 Å². The van der Waals surface area contributed by atoms with Gasteiger partial charge in [0, 0.05) is 5.92 Å². The summed E-state index contributed by atoms with van der Waals surface area (Å²) in [5.41, 5.74) is 1.14. The van der Waals surface area contributed by atoms with Gasteiger partial charge < -0.3 is 10.4 Å². The van der Waals surface area contributed by atoms with Crippen LogP contribution in [0.5, 0.6) is 0 Å². The zero-order valence-electron chi connectivity index (χ0n) is 12.2. The molecule has 0 spiro atoms. The Hall–Kier alpha value is -1.35. The van der Waals surface area contributed by atoms with Gasteiger partial charge in [0.15, 0.2) is 0 Å². The van der Waals surface area contributed by atoms with Crippen molar-refractivity contribution in [3.8, 4) is 0 Å². The van der Waals surface area contributed by atoms with Crippen molar-refractivity contribution >= 4 is 5.91 Å². The molecule has 1 amide bonds. The van der Waals surface area contributed by atoms with E-state index in [4.69, 9.17) is 0 Å². The fraction of sp³-hybridized carbons (Fsp3) is 0.588. The monoisotopic (exact) mass is 275 g/mol. The molecule has 3 nitrogen and oxygen atoms in total. The molecule has 0 radical (unpaired) electrons. The highest BCUT2D eigenvalue weighted by atomic mass is 16.3.